The zero-order valence-corrected chi connectivity index (χ0v) is 13.2. The van der Waals surface area contributed by atoms with Crippen LogP contribution in [-0.4, -0.2) is 42.3 Å². The van der Waals surface area contributed by atoms with Gasteiger partial charge in [0.15, 0.2) is 0 Å². The summed E-state index contributed by atoms with van der Waals surface area (Å²) in [6, 6.07) is 3.24. The van der Waals surface area contributed by atoms with Crippen molar-refractivity contribution in [3.05, 3.63) is 35.4 Å². The SMILES string of the molecule is CC(C)(C)OC(=O)N1CCNCC1Cc1cc(F)cc(F)c1. The van der Waals surface area contributed by atoms with Gasteiger partial charge in [0.05, 0.1) is 6.04 Å². The first-order chi connectivity index (χ1) is 10.2. The number of hydrogen-bond donors (Lipinski definition) is 1. The lowest BCUT2D eigenvalue weighted by Gasteiger charge is -2.37. The molecule has 1 aromatic carbocycles. The van der Waals surface area contributed by atoms with Crippen LogP contribution < -0.4 is 5.32 Å². The fourth-order valence-electron chi connectivity index (χ4n) is 2.51. The number of carbonyl (C=O) groups is 1. The van der Waals surface area contributed by atoms with E-state index in [2.05, 4.69) is 5.32 Å². The van der Waals surface area contributed by atoms with Gasteiger partial charge >= 0.3 is 6.09 Å². The molecule has 2 rings (SSSR count). The Bertz CT molecular complexity index is 523. The predicted molar refractivity (Wildman–Crippen MR) is 79.7 cm³/mol. The van der Waals surface area contributed by atoms with Gasteiger partial charge in [-0.15, -0.1) is 0 Å². The Morgan fingerprint density at radius 2 is 1.95 bits per heavy atom. The number of amides is 1. The van der Waals surface area contributed by atoms with Crippen molar-refractivity contribution in [2.24, 2.45) is 0 Å². The summed E-state index contributed by atoms with van der Waals surface area (Å²) in [5, 5.41) is 3.20. The van der Waals surface area contributed by atoms with Gasteiger partial charge in [-0.1, -0.05) is 0 Å². The van der Waals surface area contributed by atoms with Gasteiger partial charge in [0.25, 0.3) is 0 Å². The summed E-state index contributed by atoms with van der Waals surface area (Å²) in [4.78, 5) is 13.9. The van der Waals surface area contributed by atoms with Crippen molar-refractivity contribution in [3.63, 3.8) is 0 Å². The van der Waals surface area contributed by atoms with Crippen LogP contribution in [0.5, 0.6) is 0 Å². The smallest absolute Gasteiger partial charge is 0.410 e. The molecular formula is C16H22F2N2O2. The maximum atomic E-state index is 13.3. The minimum Gasteiger partial charge on any atom is -0.444 e. The molecule has 0 spiro atoms. The highest BCUT2D eigenvalue weighted by Crippen LogP contribution is 2.17. The van der Waals surface area contributed by atoms with Gasteiger partial charge in [0, 0.05) is 25.7 Å². The van der Waals surface area contributed by atoms with E-state index in [0.717, 1.165) is 6.07 Å². The van der Waals surface area contributed by atoms with Crippen molar-refractivity contribution in [2.75, 3.05) is 19.6 Å². The van der Waals surface area contributed by atoms with Crippen LogP contribution in [0.15, 0.2) is 18.2 Å². The third-order valence-electron chi connectivity index (χ3n) is 3.37. The van der Waals surface area contributed by atoms with E-state index in [4.69, 9.17) is 4.74 Å². The first-order valence-corrected chi connectivity index (χ1v) is 7.40. The van der Waals surface area contributed by atoms with E-state index in [1.54, 1.807) is 4.90 Å². The topological polar surface area (TPSA) is 41.6 Å². The standard InChI is InChI=1S/C16H22F2N2O2/c1-16(2,3)22-15(21)20-5-4-19-10-14(20)8-11-6-12(17)9-13(18)7-11/h6-7,9,14,19H,4-5,8,10H2,1-3H3. The van der Waals surface area contributed by atoms with Crippen molar-refractivity contribution in [1.82, 2.24) is 10.2 Å². The minimum absolute atomic E-state index is 0.190. The molecule has 0 bridgehead atoms. The average molecular weight is 312 g/mol. The Morgan fingerprint density at radius 3 is 2.55 bits per heavy atom. The molecule has 6 heteroatoms. The number of hydrogen-bond acceptors (Lipinski definition) is 3. The molecule has 1 unspecified atom stereocenters. The van der Waals surface area contributed by atoms with Crippen LogP contribution in [0.2, 0.25) is 0 Å². The zero-order valence-electron chi connectivity index (χ0n) is 13.2. The second-order valence-corrected chi connectivity index (χ2v) is 6.51. The molecule has 1 saturated heterocycles. The summed E-state index contributed by atoms with van der Waals surface area (Å²) >= 11 is 0. The molecule has 1 amide bonds. The number of nitrogens with zero attached hydrogens (tertiary/aromatic N) is 1. The highest BCUT2D eigenvalue weighted by molar-refractivity contribution is 5.68. The number of piperazine rings is 1. The van der Waals surface area contributed by atoms with Gasteiger partial charge in [-0.2, -0.15) is 0 Å². The van der Waals surface area contributed by atoms with Crippen molar-refractivity contribution in [1.29, 1.82) is 0 Å². The predicted octanol–water partition coefficient (Wildman–Crippen LogP) is 2.72. The van der Waals surface area contributed by atoms with Gasteiger partial charge in [0.1, 0.15) is 17.2 Å². The second kappa shape index (κ2) is 6.60. The van der Waals surface area contributed by atoms with Crippen molar-refractivity contribution in [2.45, 2.75) is 38.8 Å². The molecule has 1 fully saturated rings. The zero-order chi connectivity index (χ0) is 16.3. The molecule has 1 N–H and O–H groups in total. The van der Waals surface area contributed by atoms with E-state index in [1.165, 1.54) is 12.1 Å². The molecule has 1 aromatic rings. The molecule has 1 aliphatic rings. The number of benzene rings is 1. The van der Waals surface area contributed by atoms with E-state index in [0.29, 0.717) is 31.6 Å². The Hall–Kier alpha value is -1.69. The van der Waals surface area contributed by atoms with E-state index in [1.807, 2.05) is 20.8 Å². The lowest BCUT2D eigenvalue weighted by molar-refractivity contribution is 0.0122. The quantitative estimate of drug-likeness (QED) is 0.913. The van der Waals surface area contributed by atoms with Gasteiger partial charge < -0.3 is 15.0 Å². The van der Waals surface area contributed by atoms with E-state index in [-0.39, 0.29) is 6.04 Å². The Labute approximate surface area is 129 Å². The molecule has 122 valence electrons. The molecule has 0 aromatic heterocycles. The summed E-state index contributed by atoms with van der Waals surface area (Å²) in [5.74, 6) is -1.22. The summed E-state index contributed by atoms with van der Waals surface area (Å²) in [6.45, 7) is 7.18. The van der Waals surface area contributed by atoms with Gasteiger partial charge in [-0.25, -0.2) is 13.6 Å². The van der Waals surface area contributed by atoms with Crippen LogP contribution in [0, 0.1) is 11.6 Å². The van der Waals surface area contributed by atoms with Crippen LogP contribution in [0.25, 0.3) is 0 Å². The lowest BCUT2D eigenvalue weighted by Crippen LogP contribution is -2.55. The van der Waals surface area contributed by atoms with Gasteiger partial charge in [-0.3, -0.25) is 0 Å². The van der Waals surface area contributed by atoms with Gasteiger partial charge in [0.2, 0.25) is 0 Å². The molecule has 1 aliphatic heterocycles. The highest BCUT2D eigenvalue weighted by atomic mass is 19.1. The minimum atomic E-state index is -0.609. The number of ether oxygens (including phenoxy) is 1. The fourth-order valence-corrected chi connectivity index (χ4v) is 2.51. The molecule has 1 atom stereocenters. The van der Waals surface area contributed by atoms with Crippen LogP contribution >= 0.6 is 0 Å². The summed E-state index contributed by atoms with van der Waals surface area (Å²) in [7, 11) is 0. The maximum Gasteiger partial charge on any atom is 0.410 e. The van der Waals surface area contributed by atoms with E-state index < -0.39 is 23.3 Å². The van der Waals surface area contributed by atoms with Crippen molar-refractivity contribution < 1.29 is 18.3 Å². The molecule has 0 saturated carbocycles. The van der Waals surface area contributed by atoms with Crippen LogP contribution in [-0.2, 0) is 11.2 Å². The van der Waals surface area contributed by atoms with Crippen molar-refractivity contribution in [3.8, 4) is 0 Å². The summed E-state index contributed by atoms with van der Waals surface area (Å²) in [5.41, 5.74) is -0.0444. The Morgan fingerprint density at radius 1 is 1.32 bits per heavy atom. The molecular weight excluding hydrogens is 290 g/mol. The van der Waals surface area contributed by atoms with Crippen LogP contribution in [0.1, 0.15) is 26.3 Å². The van der Waals surface area contributed by atoms with Crippen molar-refractivity contribution >= 4 is 6.09 Å². The third-order valence-corrected chi connectivity index (χ3v) is 3.37. The lowest BCUT2D eigenvalue weighted by atomic mass is 10.0. The maximum absolute atomic E-state index is 13.3. The number of rotatable bonds is 2. The third kappa shape index (κ3) is 4.66. The van der Waals surface area contributed by atoms with E-state index >= 15 is 0 Å². The fraction of sp³-hybridized carbons (Fsp3) is 0.562. The number of carbonyl (C=O) groups excluding carboxylic acids is 1. The molecule has 0 radical (unpaired) electrons. The van der Waals surface area contributed by atoms with Crippen LogP contribution in [0.4, 0.5) is 13.6 Å². The summed E-state index contributed by atoms with van der Waals surface area (Å²) < 4.78 is 32.0. The van der Waals surface area contributed by atoms with Crippen LogP contribution in [0.3, 0.4) is 0 Å². The van der Waals surface area contributed by atoms with Gasteiger partial charge in [-0.05, 0) is 44.9 Å². The normalized spacial score (nSPS) is 19.1. The molecule has 22 heavy (non-hydrogen) atoms. The average Bonchev–Trinajstić information content (AvgIpc) is 2.35. The molecule has 1 heterocycles. The monoisotopic (exact) mass is 312 g/mol. The second-order valence-electron chi connectivity index (χ2n) is 6.51. The Kier molecular flexibility index (Phi) is 5.01. The molecule has 4 nitrogen and oxygen atoms in total. The Balaban J connectivity index is 2.11. The number of nitrogens with one attached hydrogen (secondary N) is 1. The largest absolute Gasteiger partial charge is 0.444 e. The first-order valence-electron chi connectivity index (χ1n) is 7.40. The van der Waals surface area contributed by atoms with E-state index in [9.17, 15) is 13.6 Å². The molecule has 0 aliphatic carbocycles. The number of halogens is 2. The summed E-state index contributed by atoms with van der Waals surface area (Å²) in [6.07, 6.45) is -0.0168. The first kappa shape index (κ1) is 16.7. The highest BCUT2D eigenvalue weighted by Gasteiger charge is 2.30.